The highest BCUT2D eigenvalue weighted by Crippen LogP contribution is 2.38. The van der Waals surface area contributed by atoms with Gasteiger partial charge in [0.05, 0.1) is 18.8 Å². The lowest BCUT2D eigenvalue weighted by atomic mass is 9.91. The normalized spacial score (nSPS) is 15.2. The van der Waals surface area contributed by atoms with Gasteiger partial charge in [0.1, 0.15) is 5.56 Å². The van der Waals surface area contributed by atoms with Crippen LogP contribution in [-0.4, -0.2) is 37.2 Å². The van der Waals surface area contributed by atoms with E-state index in [2.05, 4.69) is 10.3 Å². The summed E-state index contributed by atoms with van der Waals surface area (Å²) in [6, 6.07) is 6.62. The van der Waals surface area contributed by atoms with Crippen LogP contribution in [0.25, 0.3) is 0 Å². The molecule has 1 aromatic heterocycles. The van der Waals surface area contributed by atoms with Crippen LogP contribution >= 0.6 is 0 Å². The van der Waals surface area contributed by atoms with Crippen LogP contribution in [-0.2, 0) is 16.3 Å². The lowest BCUT2D eigenvalue weighted by Gasteiger charge is -2.31. The molecule has 9 heteroatoms. The first-order valence-electron chi connectivity index (χ1n) is 9.56. The fraction of sp³-hybridized carbons (Fsp3) is 0.429. The molecule has 1 aliphatic rings. The van der Waals surface area contributed by atoms with Crippen LogP contribution in [0.4, 0.5) is 24.5 Å². The number of benzene rings is 1. The molecule has 1 aromatic carbocycles. The smallest absolute Gasteiger partial charge is 0.378 e. The Morgan fingerprint density at radius 3 is 2.33 bits per heavy atom. The maximum Gasteiger partial charge on any atom is 0.418 e. The molecule has 2 aromatic rings. The second-order valence-corrected chi connectivity index (χ2v) is 8.15. The van der Waals surface area contributed by atoms with Crippen LogP contribution in [0.1, 0.15) is 42.4 Å². The van der Waals surface area contributed by atoms with Crippen LogP contribution in [0.15, 0.2) is 35.1 Å². The number of carbonyl (C=O) groups excluding carboxylic acids is 1. The van der Waals surface area contributed by atoms with Gasteiger partial charge in [0.25, 0.3) is 11.5 Å². The highest BCUT2D eigenvalue weighted by molar-refractivity contribution is 6.04. The summed E-state index contributed by atoms with van der Waals surface area (Å²) in [7, 11) is 0. The average Bonchev–Trinajstić information content (AvgIpc) is 2.67. The Labute approximate surface area is 172 Å². The van der Waals surface area contributed by atoms with E-state index in [1.807, 2.05) is 20.8 Å². The molecule has 1 saturated heterocycles. The highest BCUT2D eigenvalue weighted by atomic mass is 19.4. The number of morpholine rings is 1. The molecular weight excluding hydrogens is 399 g/mol. The summed E-state index contributed by atoms with van der Waals surface area (Å²) in [5.41, 5.74) is -1.28. The molecule has 0 unspecified atom stereocenters. The summed E-state index contributed by atoms with van der Waals surface area (Å²) in [5, 5.41) is 2.40. The van der Waals surface area contributed by atoms with Crippen LogP contribution in [0, 0.1) is 0 Å². The lowest BCUT2D eigenvalue weighted by Crippen LogP contribution is -2.37. The molecule has 1 aliphatic heterocycles. The molecule has 1 amide bonds. The van der Waals surface area contributed by atoms with Crippen molar-refractivity contribution in [2.24, 2.45) is 0 Å². The second kappa shape index (κ2) is 8.14. The number of aromatic nitrogens is 1. The van der Waals surface area contributed by atoms with Crippen molar-refractivity contribution < 1.29 is 22.7 Å². The molecule has 0 saturated carbocycles. The summed E-state index contributed by atoms with van der Waals surface area (Å²) in [5.74, 6) is -0.774. The van der Waals surface area contributed by atoms with Gasteiger partial charge in [0.2, 0.25) is 0 Å². The molecular formula is C21H24F3N3O3. The van der Waals surface area contributed by atoms with Crippen LogP contribution in [0.2, 0.25) is 0 Å². The lowest BCUT2D eigenvalue weighted by molar-refractivity contribution is -0.137. The Morgan fingerprint density at radius 1 is 1.10 bits per heavy atom. The average molecular weight is 423 g/mol. The first-order chi connectivity index (χ1) is 14.0. The highest BCUT2D eigenvalue weighted by Gasteiger charge is 2.35. The van der Waals surface area contributed by atoms with Crippen molar-refractivity contribution in [2.75, 3.05) is 36.5 Å². The number of aromatic amines is 1. The zero-order valence-corrected chi connectivity index (χ0v) is 17.0. The third-order valence-electron chi connectivity index (χ3n) is 4.87. The van der Waals surface area contributed by atoms with Gasteiger partial charge in [-0.25, -0.2) is 0 Å². The van der Waals surface area contributed by atoms with E-state index in [4.69, 9.17) is 4.74 Å². The van der Waals surface area contributed by atoms with Gasteiger partial charge in [-0.15, -0.1) is 0 Å². The summed E-state index contributed by atoms with van der Waals surface area (Å²) in [6.07, 6.45) is -4.60. The van der Waals surface area contributed by atoms with Crippen LogP contribution < -0.4 is 15.8 Å². The maximum atomic E-state index is 13.6. The Kier molecular flexibility index (Phi) is 5.94. The SMILES string of the molecule is CC(C)(C)c1ccc(C(=O)Nc2ccc(N3CCOCC3)c(C(F)(F)F)c2)c(=O)[nH]1. The van der Waals surface area contributed by atoms with E-state index in [0.717, 1.165) is 6.07 Å². The molecule has 30 heavy (non-hydrogen) atoms. The van der Waals surface area contributed by atoms with Crippen molar-refractivity contribution >= 4 is 17.3 Å². The molecule has 2 N–H and O–H groups in total. The summed E-state index contributed by atoms with van der Waals surface area (Å²) < 4.78 is 46.1. The minimum atomic E-state index is -4.60. The summed E-state index contributed by atoms with van der Waals surface area (Å²) in [4.78, 5) is 29.1. The van der Waals surface area contributed by atoms with Gasteiger partial charge in [-0.2, -0.15) is 13.2 Å². The van der Waals surface area contributed by atoms with Crippen molar-refractivity contribution in [3.8, 4) is 0 Å². The fourth-order valence-corrected chi connectivity index (χ4v) is 3.21. The largest absolute Gasteiger partial charge is 0.418 e. The molecule has 2 heterocycles. The number of anilines is 2. The Bertz CT molecular complexity index is 987. The molecule has 0 radical (unpaired) electrons. The van der Waals surface area contributed by atoms with E-state index in [-0.39, 0.29) is 22.4 Å². The van der Waals surface area contributed by atoms with Gasteiger partial charge in [-0.05, 0) is 30.3 Å². The number of hydrogen-bond acceptors (Lipinski definition) is 4. The minimum Gasteiger partial charge on any atom is -0.378 e. The monoisotopic (exact) mass is 423 g/mol. The molecule has 162 valence electrons. The van der Waals surface area contributed by atoms with E-state index in [0.29, 0.717) is 32.0 Å². The van der Waals surface area contributed by atoms with Crippen molar-refractivity contribution in [3.63, 3.8) is 0 Å². The number of ether oxygens (including phenoxy) is 1. The summed E-state index contributed by atoms with van der Waals surface area (Å²) in [6.45, 7) is 7.13. The quantitative estimate of drug-likeness (QED) is 0.788. The number of nitrogens with one attached hydrogen (secondary N) is 2. The second-order valence-electron chi connectivity index (χ2n) is 8.15. The number of carbonyl (C=O) groups is 1. The maximum absolute atomic E-state index is 13.6. The van der Waals surface area contributed by atoms with Gasteiger partial charge >= 0.3 is 6.18 Å². The summed E-state index contributed by atoms with van der Waals surface area (Å²) >= 11 is 0. The van der Waals surface area contributed by atoms with Crippen LogP contribution in [0.5, 0.6) is 0 Å². The third-order valence-corrected chi connectivity index (χ3v) is 4.87. The van der Waals surface area contributed by atoms with Crippen molar-refractivity contribution in [2.45, 2.75) is 32.4 Å². The number of nitrogens with zero attached hydrogens (tertiary/aromatic N) is 1. The van der Waals surface area contributed by atoms with E-state index in [1.165, 1.54) is 18.2 Å². The zero-order valence-electron chi connectivity index (χ0n) is 17.0. The van der Waals surface area contributed by atoms with Crippen molar-refractivity contribution in [1.29, 1.82) is 0 Å². The van der Waals surface area contributed by atoms with E-state index in [1.54, 1.807) is 11.0 Å². The van der Waals surface area contributed by atoms with Gasteiger partial charge in [-0.1, -0.05) is 20.8 Å². The minimum absolute atomic E-state index is 0.0381. The van der Waals surface area contributed by atoms with E-state index >= 15 is 0 Å². The Hall–Kier alpha value is -2.81. The van der Waals surface area contributed by atoms with E-state index < -0.39 is 23.2 Å². The number of alkyl halides is 3. The predicted octanol–water partition coefficient (Wildman–Crippen LogP) is 3.78. The Morgan fingerprint density at radius 2 is 1.77 bits per heavy atom. The van der Waals surface area contributed by atoms with Crippen LogP contribution in [0.3, 0.4) is 0 Å². The number of halogens is 3. The number of amides is 1. The Balaban J connectivity index is 1.88. The van der Waals surface area contributed by atoms with Gasteiger partial charge in [0, 0.05) is 35.6 Å². The molecule has 0 aliphatic carbocycles. The third kappa shape index (κ3) is 4.84. The fourth-order valence-electron chi connectivity index (χ4n) is 3.21. The number of rotatable bonds is 3. The van der Waals surface area contributed by atoms with E-state index in [9.17, 15) is 22.8 Å². The first-order valence-corrected chi connectivity index (χ1v) is 9.56. The number of H-pyrrole nitrogens is 1. The van der Waals surface area contributed by atoms with Gasteiger partial charge in [-0.3, -0.25) is 9.59 Å². The van der Waals surface area contributed by atoms with Gasteiger partial charge < -0.3 is 19.9 Å². The molecule has 0 spiro atoms. The zero-order chi connectivity index (χ0) is 22.1. The van der Waals surface area contributed by atoms with Crippen molar-refractivity contribution in [3.05, 3.63) is 57.5 Å². The van der Waals surface area contributed by atoms with Crippen molar-refractivity contribution in [1.82, 2.24) is 4.98 Å². The molecule has 3 rings (SSSR count). The molecule has 1 fully saturated rings. The van der Waals surface area contributed by atoms with Gasteiger partial charge in [0.15, 0.2) is 0 Å². The first kappa shape index (κ1) is 21.9. The number of hydrogen-bond donors (Lipinski definition) is 2. The number of pyridine rings is 1. The topological polar surface area (TPSA) is 74.4 Å². The standard InChI is InChI=1S/C21H24F3N3O3/c1-20(2,3)17-7-5-14(19(29)26-17)18(28)25-13-4-6-16(15(12-13)21(22,23)24)27-8-10-30-11-9-27/h4-7,12H,8-11H2,1-3H3,(H,25,28)(H,26,29). The molecule has 0 atom stereocenters. The molecule has 0 bridgehead atoms. The molecule has 6 nitrogen and oxygen atoms in total. The predicted molar refractivity (Wildman–Crippen MR) is 108 cm³/mol.